The Morgan fingerprint density at radius 3 is 1.95 bits per heavy atom. The summed E-state index contributed by atoms with van der Waals surface area (Å²) in [4.78, 5) is 12.5. The minimum absolute atomic E-state index is 0. The van der Waals surface area contributed by atoms with Crippen molar-refractivity contribution in [2.75, 3.05) is 43.7 Å². The molecule has 1 heterocycles. The van der Waals surface area contributed by atoms with Gasteiger partial charge in [0, 0.05) is 35.4 Å². The van der Waals surface area contributed by atoms with Crippen LogP contribution in [0.25, 0.3) is 11.3 Å². The molecule has 0 N–H and O–H groups in total. The molecule has 0 atom stereocenters. The third kappa shape index (κ3) is 11.3. The maximum absolute atomic E-state index is 11.3. The summed E-state index contributed by atoms with van der Waals surface area (Å²) >= 11 is 1.69. The fraction of sp³-hybridized carbons (Fsp3) is 0.407. The number of aliphatic imine (C=N–C) groups is 1. The van der Waals surface area contributed by atoms with Crippen LogP contribution in [0, 0.1) is 20.8 Å². The summed E-state index contributed by atoms with van der Waals surface area (Å²) in [6.07, 6.45) is 4.84. The molecule has 9 nitrogen and oxygen atoms in total. The van der Waals surface area contributed by atoms with Crippen molar-refractivity contribution in [3.05, 3.63) is 63.5 Å². The molecule has 220 valence electrons. The normalized spacial score (nSPS) is 12.0. The van der Waals surface area contributed by atoms with Gasteiger partial charge < -0.3 is 4.90 Å². The van der Waals surface area contributed by atoms with Gasteiger partial charge in [-0.3, -0.25) is 13.4 Å². The SMILES string of the molecule is Cc1nc(-c2ccc(N=Cc3ccc(N(CCCOS(C)(=O)=O)CCCOS(C)(=O)=O)cc3C)cc2)c(C)s1.Cl. The van der Waals surface area contributed by atoms with E-state index in [2.05, 4.69) is 21.8 Å². The Kier molecular flexibility index (Phi) is 12.7. The number of aromatic nitrogens is 1. The highest BCUT2D eigenvalue weighted by Gasteiger charge is 2.11. The van der Waals surface area contributed by atoms with Gasteiger partial charge in [-0.15, -0.1) is 23.7 Å². The minimum atomic E-state index is -3.51. The molecule has 0 fully saturated rings. The largest absolute Gasteiger partial charge is 0.371 e. The van der Waals surface area contributed by atoms with Crippen LogP contribution in [0.2, 0.25) is 0 Å². The number of hydrogen-bond donors (Lipinski definition) is 0. The molecule has 0 aliphatic carbocycles. The van der Waals surface area contributed by atoms with Crippen molar-refractivity contribution in [3.8, 4) is 11.3 Å². The lowest BCUT2D eigenvalue weighted by atomic mass is 10.1. The predicted octanol–water partition coefficient (Wildman–Crippen LogP) is 5.45. The molecule has 3 rings (SSSR count). The lowest BCUT2D eigenvalue weighted by Crippen LogP contribution is -2.28. The second kappa shape index (κ2) is 15.0. The van der Waals surface area contributed by atoms with E-state index in [1.807, 2.05) is 62.5 Å². The van der Waals surface area contributed by atoms with Crippen LogP contribution >= 0.6 is 23.7 Å². The van der Waals surface area contributed by atoms with Crippen molar-refractivity contribution in [3.63, 3.8) is 0 Å². The number of anilines is 1. The number of halogens is 1. The average molecular weight is 630 g/mol. The lowest BCUT2D eigenvalue weighted by Gasteiger charge is -2.25. The monoisotopic (exact) mass is 629 g/mol. The Hall–Kier alpha value is -2.35. The summed E-state index contributed by atoms with van der Waals surface area (Å²) in [5.74, 6) is 0. The Morgan fingerprint density at radius 2 is 1.48 bits per heavy atom. The number of rotatable bonds is 14. The summed E-state index contributed by atoms with van der Waals surface area (Å²) in [7, 11) is -7.01. The summed E-state index contributed by atoms with van der Waals surface area (Å²) < 4.78 is 54.8. The smallest absolute Gasteiger partial charge is 0.264 e. The molecule has 0 radical (unpaired) electrons. The Morgan fingerprint density at radius 1 is 0.900 bits per heavy atom. The first-order valence-corrected chi connectivity index (χ1v) is 16.9. The number of hydrogen-bond acceptors (Lipinski definition) is 10. The van der Waals surface area contributed by atoms with E-state index in [9.17, 15) is 16.8 Å². The number of aryl methyl sites for hydroxylation is 3. The molecule has 0 amide bonds. The van der Waals surface area contributed by atoms with E-state index < -0.39 is 20.2 Å². The zero-order valence-electron chi connectivity index (χ0n) is 23.3. The van der Waals surface area contributed by atoms with Crippen molar-refractivity contribution in [2.45, 2.75) is 33.6 Å². The highest BCUT2D eigenvalue weighted by Crippen LogP contribution is 2.28. The van der Waals surface area contributed by atoms with Gasteiger partial charge in [0.25, 0.3) is 20.2 Å². The third-order valence-electron chi connectivity index (χ3n) is 5.76. The molecule has 40 heavy (non-hydrogen) atoms. The van der Waals surface area contributed by atoms with E-state index in [0.29, 0.717) is 25.9 Å². The second-order valence-electron chi connectivity index (χ2n) is 9.23. The predicted molar refractivity (Wildman–Crippen MR) is 166 cm³/mol. The van der Waals surface area contributed by atoms with Crippen LogP contribution in [-0.4, -0.2) is 66.8 Å². The second-order valence-corrected chi connectivity index (χ2v) is 13.9. The molecular formula is C27H36ClN3O6S3. The average Bonchev–Trinajstić information content (AvgIpc) is 3.19. The summed E-state index contributed by atoms with van der Waals surface area (Å²) in [6, 6.07) is 14.0. The van der Waals surface area contributed by atoms with Gasteiger partial charge in [0.2, 0.25) is 0 Å². The van der Waals surface area contributed by atoms with Gasteiger partial charge in [-0.1, -0.05) is 18.2 Å². The number of thiazole rings is 1. The van der Waals surface area contributed by atoms with E-state index in [0.717, 1.165) is 51.3 Å². The maximum Gasteiger partial charge on any atom is 0.264 e. The van der Waals surface area contributed by atoms with Crippen LogP contribution in [0.5, 0.6) is 0 Å². The highest BCUT2D eigenvalue weighted by atomic mass is 35.5. The number of benzene rings is 2. The molecule has 13 heteroatoms. The van der Waals surface area contributed by atoms with Crippen LogP contribution in [0.1, 0.15) is 33.9 Å². The molecule has 0 saturated carbocycles. The Labute approximate surface area is 247 Å². The van der Waals surface area contributed by atoms with Crippen LogP contribution in [0.4, 0.5) is 11.4 Å². The van der Waals surface area contributed by atoms with E-state index in [1.165, 1.54) is 4.88 Å². The molecule has 1 aromatic heterocycles. The molecule has 3 aromatic rings. The van der Waals surface area contributed by atoms with Crippen molar-refractivity contribution in [2.24, 2.45) is 4.99 Å². The molecule has 0 bridgehead atoms. The Bertz CT molecular complexity index is 1460. The van der Waals surface area contributed by atoms with Crippen LogP contribution < -0.4 is 4.90 Å². The van der Waals surface area contributed by atoms with Gasteiger partial charge >= 0.3 is 0 Å². The van der Waals surface area contributed by atoms with Crippen molar-refractivity contribution in [1.82, 2.24) is 4.98 Å². The number of nitrogens with zero attached hydrogens (tertiary/aromatic N) is 3. The fourth-order valence-electron chi connectivity index (χ4n) is 3.95. The van der Waals surface area contributed by atoms with E-state index in [-0.39, 0.29) is 25.6 Å². The van der Waals surface area contributed by atoms with Gasteiger partial charge in [-0.2, -0.15) is 16.8 Å². The first kappa shape index (κ1) is 33.9. The Balaban J connectivity index is 0.00000560. The zero-order chi connectivity index (χ0) is 28.6. The third-order valence-corrected chi connectivity index (χ3v) is 7.83. The quantitative estimate of drug-likeness (QED) is 0.131. The molecule has 0 aliphatic heterocycles. The van der Waals surface area contributed by atoms with Gasteiger partial charge in [0.15, 0.2) is 0 Å². The standard InChI is InChI=1S/C27H35N3O6S3.ClH/c1-20-18-26(30(14-6-16-35-38(4,31)32)15-7-17-36-39(5,33)34)13-10-24(20)19-28-25-11-8-23(9-12-25)27-21(2)37-22(3)29-27;/h8-13,18-19H,6-7,14-17H2,1-5H3;1H. The first-order valence-electron chi connectivity index (χ1n) is 12.4. The van der Waals surface area contributed by atoms with E-state index in [1.54, 1.807) is 11.3 Å². The van der Waals surface area contributed by atoms with Crippen LogP contribution in [0.15, 0.2) is 47.5 Å². The van der Waals surface area contributed by atoms with E-state index >= 15 is 0 Å². The molecule has 0 unspecified atom stereocenters. The van der Waals surface area contributed by atoms with Gasteiger partial charge in [-0.05, 0) is 69.0 Å². The lowest BCUT2D eigenvalue weighted by molar-refractivity contribution is 0.310. The minimum Gasteiger partial charge on any atom is -0.371 e. The van der Waals surface area contributed by atoms with Crippen molar-refractivity contribution < 1.29 is 25.2 Å². The molecular weight excluding hydrogens is 594 g/mol. The van der Waals surface area contributed by atoms with Gasteiger partial charge in [-0.25, -0.2) is 4.98 Å². The molecule has 0 saturated heterocycles. The van der Waals surface area contributed by atoms with E-state index in [4.69, 9.17) is 8.37 Å². The highest BCUT2D eigenvalue weighted by molar-refractivity contribution is 7.86. The summed E-state index contributed by atoms with van der Waals surface area (Å²) in [5.41, 5.74) is 5.84. The van der Waals surface area contributed by atoms with Crippen molar-refractivity contribution in [1.29, 1.82) is 0 Å². The topological polar surface area (TPSA) is 115 Å². The first-order chi connectivity index (χ1) is 18.3. The van der Waals surface area contributed by atoms with Gasteiger partial charge in [0.1, 0.15) is 0 Å². The fourth-order valence-corrected chi connectivity index (χ4v) is 5.63. The van der Waals surface area contributed by atoms with Crippen molar-refractivity contribution >= 4 is 61.6 Å². The molecule has 2 aromatic carbocycles. The molecule has 0 spiro atoms. The zero-order valence-corrected chi connectivity index (χ0v) is 26.6. The maximum atomic E-state index is 11.3. The summed E-state index contributed by atoms with van der Waals surface area (Å²) in [6.45, 7) is 7.29. The van der Waals surface area contributed by atoms with Crippen LogP contribution in [0.3, 0.4) is 0 Å². The van der Waals surface area contributed by atoms with Crippen LogP contribution in [-0.2, 0) is 28.6 Å². The molecule has 0 aliphatic rings. The summed E-state index contributed by atoms with van der Waals surface area (Å²) in [5, 5.41) is 1.05. The van der Waals surface area contributed by atoms with Gasteiger partial charge in [0.05, 0.1) is 42.1 Å².